The molecular formula is C15H22BrN3O2. The lowest BCUT2D eigenvalue weighted by Gasteiger charge is -2.16. The van der Waals surface area contributed by atoms with Crippen LogP contribution in [0, 0.1) is 5.92 Å². The Balaban J connectivity index is 2.01. The van der Waals surface area contributed by atoms with E-state index >= 15 is 0 Å². The third-order valence-electron chi connectivity index (χ3n) is 3.70. The highest BCUT2D eigenvalue weighted by molar-refractivity contribution is 9.10. The average Bonchev–Trinajstić information content (AvgIpc) is 2.88. The number of nitrogens with zero attached hydrogens (tertiary/aromatic N) is 1. The summed E-state index contributed by atoms with van der Waals surface area (Å²) < 4.78 is 6.31. The fourth-order valence-electron chi connectivity index (χ4n) is 2.36. The van der Waals surface area contributed by atoms with Crippen molar-refractivity contribution < 1.29 is 9.53 Å². The van der Waals surface area contributed by atoms with E-state index in [1.165, 1.54) is 0 Å². The van der Waals surface area contributed by atoms with E-state index in [0.29, 0.717) is 23.8 Å². The molecule has 0 saturated carbocycles. The molecule has 0 spiro atoms. The molecular weight excluding hydrogens is 334 g/mol. The molecule has 1 aromatic heterocycles. The number of carbonyl (C=O) groups excluding carboxylic acids is 1. The zero-order valence-corrected chi connectivity index (χ0v) is 14.1. The van der Waals surface area contributed by atoms with Gasteiger partial charge in [0.2, 0.25) is 0 Å². The van der Waals surface area contributed by atoms with Gasteiger partial charge < -0.3 is 15.4 Å². The number of anilines is 1. The molecule has 2 unspecified atom stereocenters. The molecule has 1 fully saturated rings. The number of rotatable bonds is 6. The van der Waals surface area contributed by atoms with E-state index in [4.69, 9.17) is 4.74 Å². The zero-order valence-electron chi connectivity index (χ0n) is 12.5. The Morgan fingerprint density at radius 3 is 3.05 bits per heavy atom. The standard InChI is InChI=1S/C15H22BrN3O2/c1-3-5-17-14-13(7-12(16)9-18-14)15(20)19-8-11-4-6-21-10(11)2/h7,9-11H,3-6,8H2,1-2H3,(H,17,18)(H,19,20). The quantitative estimate of drug-likeness (QED) is 0.823. The molecule has 21 heavy (non-hydrogen) atoms. The minimum atomic E-state index is -0.0958. The van der Waals surface area contributed by atoms with Crippen LogP contribution in [-0.4, -0.2) is 36.7 Å². The number of nitrogens with one attached hydrogen (secondary N) is 2. The molecule has 1 aliphatic rings. The van der Waals surface area contributed by atoms with Crippen LogP contribution in [0.5, 0.6) is 0 Å². The fourth-order valence-corrected chi connectivity index (χ4v) is 2.69. The molecule has 1 aromatic rings. The van der Waals surface area contributed by atoms with Crippen molar-refractivity contribution in [2.75, 3.05) is 25.0 Å². The number of halogens is 1. The van der Waals surface area contributed by atoms with E-state index in [1.807, 2.05) is 0 Å². The van der Waals surface area contributed by atoms with E-state index in [9.17, 15) is 4.79 Å². The van der Waals surface area contributed by atoms with Gasteiger partial charge in [-0.1, -0.05) is 6.92 Å². The van der Waals surface area contributed by atoms with Crippen molar-refractivity contribution in [2.24, 2.45) is 5.92 Å². The van der Waals surface area contributed by atoms with Crippen LogP contribution in [0.4, 0.5) is 5.82 Å². The molecule has 2 N–H and O–H groups in total. The average molecular weight is 356 g/mol. The molecule has 2 atom stereocenters. The van der Waals surface area contributed by atoms with Gasteiger partial charge in [-0.3, -0.25) is 4.79 Å². The van der Waals surface area contributed by atoms with Gasteiger partial charge in [0.15, 0.2) is 0 Å². The van der Waals surface area contributed by atoms with Crippen molar-refractivity contribution in [3.05, 3.63) is 22.3 Å². The van der Waals surface area contributed by atoms with Crippen molar-refractivity contribution in [2.45, 2.75) is 32.8 Å². The lowest BCUT2D eigenvalue weighted by Crippen LogP contribution is -2.32. The first-order chi connectivity index (χ1) is 10.1. The van der Waals surface area contributed by atoms with E-state index in [1.54, 1.807) is 12.3 Å². The third-order valence-corrected chi connectivity index (χ3v) is 4.13. The fraction of sp³-hybridized carbons (Fsp3) is 0.600. The van der Waals surface area contributed by atoms with Crippen LogP contribution >= 0.6 is 15.9 Å². The summed E-state index contributed by atoms with van der Waals surface area (Å²) in [5.41, 5.74) is 0.574. The molecule has 6 heteroatoms. The van der Waals surface area contributed by atoms with Gasteiger partial charge in [0.1, 0.15) is 5.82 Å². The Kier molecular flexibility index (Phi) is 5.99. The zero-order chi connectivity index (χ0) is 15.2. The molecule has 1 saturated heterocycles. The largest absolute Gasteiger partial charge is 0.378 e. The highest BCUT2D eigenvalue weighted by atomic mass is 79.9. The lowest BCUT2D eigenvalue weighted by atomic mass is 10.0. The van der Waals surface area contributed by atoms with E-state index in [-0.39, 0.29) is 12.0 Å². The van der Waals surface area contributed by atoms with Gasteiger partial charge in [-0.15, -0.1) is 0 Å². The van der Waals surface area contributed by atoms with Gasteiger partial charge in [0, 0.05) is 36.3 Å². The molecule has 0 bridgehead atoms. The molecule has 1 amide bonds. The Bertz CT molecular complexity index is 496. The van der Waals surface area contributed by atoms with Crippen LogP contribution in [0.25, 0.3) is 0 Å². The topological polar surface area (TPSA) is 63.2 Å². The van der Waals surface area contributed by atoms with Crippen LogP contribution < -0.4 is 10.6 Å². The van der Waals surface area contributed by atoms with Crippen molar-refractivity contribution >= 4 is 27.7 Å². The second-order valence-corrected chi connectivity index (χ2v) is 6.23. The van der Waals surface area contributed by atoms with Crippen LogP contribution in [-0.2, 0) is 4.74 Å². The smallest absolute Gasteiger partial charge is 0.255 e. The van der Waals surface area contributed by atoms with Gasteiger partial charge in [0.25, 0.3) is 5.91 Å². The summed E-state index contributed by atoms with van der Waals surface area (Å²) >= 11 is 3.37. The Labute approximate surface area is 134 Å². The number of aromatic nitrogens is 1. The van der Waals surface area contributed by atoms with Gasteiger partial charge in [-0.05, 0) is 41.8 Å². The van der Waals surface area contributed by atoms with Crippen LogP contribution in [0.2, 0.25) is 0 Å². The SMILES string of the molecule is CCCNc1ncc(Br)cc1C(=O)NCC1CCOC1C. The monoisotopic (exact) mass is 355 g/mol. The number of hydrogen-bond donors (Lipinski definition) is 2. The normalized spacial score (nSPS) is 21.3. The Hall–Kier alpha value is -1.14. The first kappa shape index (κ1) is 16.2. The van der Waals surface area contributed by atoms with Crippen LogP contribution in [0.3, 0.4) is 0 Å². The summed E-state index contributed by atoms with van der Waals surface area (Å²) in [5.74, 6) is 0.927. The third kappa shape index (κ3) is 4.41. The maximum absolute atomic E-state index is 12.4. The van der Waals surface area contributed by atoms with Crippen molar-refractivity contribution in [3.8, 4) is 0 Å². The van der Waals surface area contributed by atoms with Crippen molar-refractivity contribution in [1.29, 1.82) is 0 Å². The summed E-state index contributed by atoms with van der Waals surface area (Å²) in [6.07, 6.45) is 3.89. The van der Waals surface area contributed by atoms with E-state index < -0.39 is 0 Å². The number of pyridine rings is 1. The maximum Gasteiger partial charge on any atom is 0.255 e. The van der Waals surface area contributed by atoms with Crippen molar-refractivity contribution in [1.82, 2.24) is 10.3 Å². The van der Waals surface area contributed by atoms with Gasteiger partial charge in [-0.2, -0.15) is 0 Å². The van der Waals surface area contributed by atoms with Gasteiger partial charge in [0.05, 0.1) is 11.7 Å². The second kappa shape index (κ2) is 7.75. The van der Waals surface area contributed by atoms with E-state index in [0.717, 1.165) is 30.5 Å². The number of amides is 1. The highest BCUT2D eigenvalue weighted by Crippen LogP contribution is 2.21. The first-order valence-corrected chi connectivity index (χ1v) is 8.20. The predicted molar refractivity (Wildman–Crippen MR) is 86.6 cm³/mol. The van der Waals surface area contributed by atoms with Gasteiger partial charge >= 0.3 is 0 Å². The molecule has 0 aromatic carbocycles. The highest BCUT2D eigenvalue weighted by Gasteiger charge is 2.25. The minimum absolute atomic E-state index is 0.0958. The second-order valence-electron chi connectivity index (χ2n) is 5.31. The number of hydrogen-bond acceptors (Lipinski definition) is 4. The Morgan fingerprint density at radius 1 is 1.57 bits per heavy atom. The van der Waals surface area contributed by atoms with Crippen LogP contribution in [0.15, 0.2) is 16.7 Å². The summed E-state index contributed by atoms with van der Waals surface area (Å²) in [7, 11) is 0. The summed E-state index contributed by atoms with van der Waals surface area (Å²) in [5, 5.41) is 6.19. The number of carbonyl (C=O) groups is 1. The molecule has 0 radical (unpaired) electrons. The predicted octanol–water partition coefficient (Wildman–Crippen LogP) is 2.82. The molecule has 1 aliphatic heterocycles. The minimum Gasteiger partial charge on any atom is -0.378 e. The molecule has 2 heterocycles. The van der Waals surface area contributed by atoms with Crippen LogP contribution in [0.1, 0.15) is 37.0 Å². The first-order valence-electron chi connectivity index (χ1n) is 7.41. The maximum atomic E-state index is 12.4. The Morgan fingerprint density at radius 2 is 2.38 bits per heavy atom. The summed E-state index contributed by atoms with van der Waals surface area (Å²) in [4.78, 5) is 16.7. The summed E-state index contributed by atoms with van der Waals surface area (Å²) in [6.45, 7) is 6.34. The van der Waals surface area contributed by atoms with E-state index in [2.05, 4.69) is 45.4 Å². The van der Waals surface area contributed by atoms with Crippen molar-refractivity contribution in [3.63, 3.8) is 0 Å². The molecule has 5 nitrogen and oxygen atoms in total. The van der Waals surface area contributed by atoms with Gasteiger partial charge in [-0.25, -0.2) is 4.98 Å². The summed E-state index contributed by atoms with van der Waals surface area (Å²) in [6, 6.07) is 1.80. The molecule has 116 valence electrons. The molecule has 0 aliphatic carbocycles. The lowest BCUT2D eigenvalue weighted by molar-refractivity contribution is 0.0907. The molecule has 2 rings (SSSR count). The number of ether oxygens (including phenoxy) is 1.